The molecule has 5 aliphatic carbocycles. The molecule has 31 nitrogen and oxygen atoms in total. The number of hydrogen-bond acceptors (Lipinski definition) is 30. The van der Waals surface area contributed by atoms with Crippen molar-refractivity contribution in [3.8, 4) is 0 Å². The van der Waals surface area contributed by atoms with E-state index in [1.54, 1.807) is 6.92 Å². The van der Waals surface area contributed by atoms with Gasteiger partial charge in [0.2, 0.25) is 6.29 Å². The summed E-state index contributed by atoms with van der Waals surface area (Å²) in [6.45, 7) is 10.7. The number of esters is 1. The normalized spacial score (nSPS) is 54.7. The number of allylic oxidation sites excluding steroid dienone is 2. The number of hydrogen-bond donors (Lipinski definition) is 17. The lowest BCUT2D eigenvalue weighted by molar-refractivity contribution is -0.372. The molecular weight excluding hydrogens is 1240 g/mol. The number of fused-ring (bicyclic) bond motifs is 7. The van der Waals surface area contributed by atoms with Gasteiger partial charge in [0.1, 0.15) is 97.2 Å². The maximum absolute atomic E-state index is 15.5. The first-order valence-electron chi connectivity index (χ1n) is 32.5. The lowest BCUT2D eigenvalue weighted by atomic mass is 9.33. The summed E-state index contributed by atoms with van der Waals surface area (Å²) in [4.78, 5) is 28.2. The summed E-state index contributed by atoms with van der Waals surface area (Å²) in [5, 5.41) is 186. The third-order valence-electron chi connectivity index (χ3n) is 24.2. The zero-order valence-corrected chi connectivity index (χ0v) is 53.2. The topological polar surface area (TPSA) is 489 Å². The molecule has 93 heavy (non-hydrogen) atoms. The Morgan fingerprint density at radius 3 is 1.76 bits per heavy atom. The number of carbonyl (C=O) groups excluding carboxylic acids is 1. The van der Waals surface area contributed by atoms with Gasteiger partial charge in [-0.2, -0.15) is 0 Å². The van der Waals surface area contributed by atoms with Gasteiger partial charge >= 0.3 is 11.9 Å². The molecule has 0 aromatic carbocycles. The molecular formula is C62H98O31. The third-order valence-corrected chi connectivity index (χ3v) is 24.2. The standard InChI is InChI=1S/C62H98O31/c1-24-41(87-50-40(76)42(30(68)20-83-50)88-54-46(77)62(81,22-64)23-85-54)35(71)38(74)51(86-24)90-44-34(70)29(67)19-84-53(44)93-55(80)61-14-12-56(2,3)16-26(61)25-8-9-32-57(4)17-27(65)47(58(5,21-63)31(57)10-11-60(32,7)59(25,6)13-15-61)92-52-39(75)36(72)43(45(91-52)48(78)79)89-49-37(73)33(69)28(66)18-82-49/h8,24,26-47,49-54,63-77,81H,9-23H2,1-7H3,(H,78,79). The average Bonchev–Trinajstić information content (AvgIpc) is 0.825. The predicted molar refractivity (Wildman–Crippen MR) is 306 cm³/mol. The van der Waals surface area contributed by atoms with Crippen molar-refractivity contribution in [1.82, 2.24) is 0 Å². The van der Waals surface area contributed by atoms with Gasteiger partial charge in [-0.15, -0.1) is 0 Å². The van der Waals surface area contributed by atoms with Crippen molar-refractivity contribution < 1.29 is 153 Å². The summed E-state index contributed by atoms with van der Waals surface area (Å²) < 4.78 is 69.9. The highest BCUT2D eigenvalue weighted by Crippen LogP contribution is 2.76. The van der Waals surface area contributed by atoms with E-state index in [4.69, 9.17) is 56.8 Å². The highest BCUT2D eigenvalue weighted by molar-refractivity contribution is 5.79. The quantitative estimate of drug-likeness (QED) is 0.0416. The van der Waals surface area contributed by atoms with Crippen LogP contribution < -0.4 is 0 Å². The van der Waals surface area contributed by atoms with Gasteiger partial charge in [0.15, 0.2) is 43.7 Å². The van der Waals surface area contributed by atoms with Crippen LogP contribution in [0.5, 0.6) is 0 Å². The van der Waals surface area contributed by atoms with E-state index in [0.717, 1.165) is 5.57 Å². The number of rotatable bonds is 15. The second kappa shape index (κ2) is 26.3. The molecule has 17 N–H and O–H groups in total. The van der Waals surface area contributed by atoms with Crippen molar-refractivity contribution in [2.24, 2.45) is 50.2 Å². The Kier molecular flexibility index (Phi) is 20.3. The molecule has 35 unspecified atom stereocenters. The molecule has 6 saturated heterocycles. The van der Waals surface area contributed by atoms with Crippen LogP contribution in [0.3, 0.4) is 0 Å². The Bertz CT molecular complexity index is 2690. The molecule has 10 fully saturated rings. The molecule has 0 aromatic rings. The van der Waals surface area contributed by atoms with Gasteiger partial charge < -0.3 is 144 Å². The van der Waals surface area contributed by atoms with Crippen molar-refractivity contribution in [2.45, 2.75) is 272 Å². The molecule has 11 rings (SSSR count). The van der Waals surface area contributed by atoms with Crippen LogP contribution in [0.4, 0.5) is 0 Å². The zero-order valence-electron chi connectivity index (χ0n) is 53.2. The molecule has 0 bridgehead atoms. The van der Waals surface area contributed by atoms with E-state index >= 15 is 4.79 Å². The fourth-order valence-electron chi connectivity index (χ4n) is 18.5. The Labute approximate surface area is 536 Å². The van der Waals surface area contributed by atoms with E-state index in [1.165, 1.54) is 6.92 Å². The molecule has 0 spiro atoms. The van der Waals surface area contributed by atoms with E-state index in [-0.39, 0.29) is 29.6 Å². The van der Waals surface area contributed by atoms with Crippen molar-refractivity contribution >= 4 is 11.9 Å². The van der Waals surface area contributed by atoms with Gasteiger partial charge in [0.05, 0.1) is 63.4 Å². The van der Waals surface area contributed by atoms with Gasteiger partial charge in [-0.05, 0) is 104 Å². The molecule has 35 atom stereocenters. The van der Waals surface area contributed by atoms with Crippen LogP contribution in [-0.4, -0.2) is 304 Å². The van der Waals surface area contributed by atoms with Crippen molar-refractivity contribution in [2.75, 3.05) is 39.6 Å². The largest absolute Gasteiger partial charge is 0.479 e. The van der Waals surface area contributed by atoms with E-state index < -0.39 is 244 Å². The highest BCUT2D eigenvalue weighted by Gasteiger charge is 2.72. The zero-order chi connectivity index (χ0) is 67.8. The molecule has 6 heterocycles. The van der Waals surface area contributed by atoms with Crippen LogP contribution in [0.2, 0.25) is 0 Å². The number of carboxylic acids is 1. The first kappa shape index (κ1) is 71.9. The van der Waals surface area contributed by atoms with Crippen LogP contribution in [0, 0.1) is 50.2 Å². The predicted octanol–water partition coefficient (Wildman–Crippen LogP) is -4.77. The van der Waals surface area contributed by atoms with Crippen LogP contribution in [0.1, 0.15) is 106 Å². The Balaban J connectivity index is 0.781. The molecule has 0 aromatic heterocycles. The molecule has 11 aliphatic rings. The maximum atomic E-state index is 15.5. The average molecular weight is 1340 g/mol. The number of ether oxygens (including phenoxy) is 12. The van der Waals surface area contributed by atoms with Gasteiger partial charge in [0, 0.05) is 5.41 Å². The van der Waals surface area contributed by atoms with Gasteiger partial charge in [0.25, 0.3) is 0 Å². The summed E-state index contributed by atoms with van der Waals surface area (Å²) in [7, 11) is 0. The SMILES string of the molecule is CC1OC(OC2C(OC(=O)C34CCC(C)(C)CC3C3=CCC5C6(C)CC(O)C(OC7OC(C(=O)O)C(OC8OCC(O)C(O)C8O)C(O)C7O)C(C)(CO)C6CCC5(C)C3(C)CC4)OCC(O)C2O)C(O)C(O)C1OC1OCC(O)C(OC2OCC(O)(CO)C2O)C1O. The first-order chi connectivity index (χ1) is 43.5. The second-order valence-electron chi connectivity index (χ2n) is 30.3. The summed E-state index contributed by atoms with van der Waals surface area (Å²) in [5.74, 6) is -3.12. The minimum absolute atomic E-state index is 0.124. The number of aliphatic hydroxyl groups is 16. The number of aliphatic hydroxyl groups excluding tert-OH is 15. The van der Waals surface area contributed by atoms with Crippen LogP contribution in [0.25, 0.3) is 0 Å². The minimum Gasteiger partial charge on any atom is -0.479 e. The lowest BCUT2D eigenvalue weighted by Crippen LogP contribution is -2.70. The fourth-order valence-corrected chi connectivity index (χ4v) is 18.5. The monoisotopic (exact) mass is 1340 g/mol. The number of aliphatic carboxylic acids is 1. The summed E-state index contributed by atoms with van der Waals surface area (Å²) in [5.41, 5.74) is -5.32. The van der Waals surface area contributed by atoms with Gasteiger partial charge in [-0.3, -0.25) is 4.79 Å². The fraction of sp³-hybridized carbons (Fsp3) is 0.935. The molecule has 31 heteroatoms. The van der Waals surface area contributed by atoms with Gasteiger partial charge in [-0.1, -0.05) is 53.2 Å². The van der Waals surface area contributed by atoms with Crippen LogP contribution in [0.15, 0.2) is 11.6 Å². The Morgan fingerprint density at radius 1 is 0.548 bits per heavy atom. The van der Waals surface area contributed by atoms with E-state index in [0.29, 0.717) is 51.4 Å². The van der Waals surface area contributed by atoms with E-state index in [2.05, 4.69) is 40.7 Å². The molecule has 532 valence electrons. The highest BCUT2D eigenvalue weighted by atomic mass is 16.8. The maximum Gasteiger partial charge on any atom is 0.335 e. The molecule has 6 aliphatic heterocycles. The number of carbonyl (C=O) groups is 2. The smallest absolute Gasteiger partial charge is 0.335 e. The van der Waals surface area contributed by atoms with Crippen LogP contribution in [-0.2, 0) is 66.4 Å². The number of carboxylic acid groups (broad SMARTS) is 1. The third kappa shape index (κ3) is 12.1. The minimum atomic E-state index is -2.08. The van der Waals surface area contributed by atoms with Crippen molar-refractivity contribution in [1.29, 1.82) is 0 Å². The van der Waals surface area contributed by atoms with Crippen molar-refractivity contribution in [3.63, 3.8) is 0 Å². The first-order valence-corrected chi connectivity index (χ1v) is 32.5. The summed E-state index contributed by atoms with van der Waals surface area (Å²) >= 11 is 0. The van der Waals surface area contributed by atoms with Crippen LogP contribution >= 0.6 is 0 Å². The van der Waals surface area contributed by atoms with E-state index in [1.807, 2.05) is 0 Å². The second-order valence-corrected chi connectivity index (χ2v) is 30.3. The molecule has 0 amide bonds. The van der Waals surface area contributed by atoms with E-state index in [9.17, 15) is 91.6 Å². The Hall–Kier alpha value is -2.40. The Morgan fingerprint density at radius 2 is 1.12 bits per heavy atom. The van der Waals surface area contributed by atoms with Gasteiger partial charge in [-0.25, -0.2) is 4.79 Å². The summed E-state index contributed by atoms with van der Waals surface area (Å²) in [6, 6.07) is 0. The summed E-state index contributed by atoms with van der Waals surface area (Å²) in [6.07, 6.45) is -37.5. The van der Waals surface area contributed by atoms with Crippen molar-refractivity contribution in [3.05, 3.63) is 11.6 Å². The lowest BCUT2D eigenvalue weighted by Gasteiger charge is -2.71. The molecule has 4 saturated carbocycles. The molecule has 0 radical (unpaired) electrons.